The number of nitrogen functional groups attached to an aromatic ring is 1. The van der Waals surface area contributed by atoms with Crippen molar-refractivity contribution in [1.29, 1.82) is 0 Å². The van der Waals surface area contributed by atoms with Crippen LogP contribution in [0.5, 0.6) is 0 Å². The van der Waals surface area contributed by atoms with E-state index >= 15 is 0 Å². The predicted octanol–water partition coefficient (Wildman–Crippen LogP) is 3.11. The molecule has 0 aliphatic carbocycles. The van der Waals surface area contributed by atoms with Gasteiger partial charge in [0.1, 0.15) is 5.82 Å². The second-order valence-electron chi connectivity index (χ2n) is 5.91. The highest BCUT2D eigenvalue weighted by atomic mass is 19.1. The van der Waals surface area contributed by atoms with Crippen molar-refractivity contribution in [2.45, 2.75) is 19.8 Å². The number of nitrogens with one attached hydrogen (secondary N) is 1. The molecule has 0 unspecified atom stereocenters. The van der Waals surface area contributed by atoms with Crippen molar-refractivity contribution in [2.75, 3.05) is 29.0 Å². The van der Waals surface area contributed by atoms with Gasteiger partial charge in [0.2, 0.25) is 5.91 Å². The van der Waals surface area contributed by atoms with Crippen LogP contribution >= 0.6 is 0 Å². The molecule has 2 aromatic rings. The molecule has 1 heterocycles. The van der Waals surface area contributed by atoms with Crippen LogP contribution < -0.4 is 16.0 Å². The average Bonchev–Trinajstić information content (AvgIpc) is 2.91. The summed E-state index contributed by atoms with van der Waals surface area (Å²) in [5, 5.41) is 2.59. The number of benzene rings is 2. The summed E-state index contributed by atoms with van der Waals surface area (Å²) in [6.45, 7) is 3.59. The van der Waals surface area contributed by atoms with Crippen LogP contribution in [0, 0.1) is 12.7 Å². The van der Waals surface area contributed by atoms with Gasteiger partial charge in [-0.2, -0.15) is 0 Å². The number of nitrogens with two attached hydrogens (primary N) is 1. The van der Waals surface area contributed by atoms with Crippen LogP contribution in [0.15, 0.2) is 36.4 Å². The van der Waals surface area contributed by atoms with Crippen molar-refractivity contribution < 1.29 is 9.18 Å². The third-order valence-electron chi connectivity index (χ3n) is 4.11. The van der Waals surface area contributed by atoms with Gasteiger partial charge in [-0.1, -0.05) is 12.1 Å². The molecular formula is C18H20FN3O. The molecule has 4 nitrogen and oxygen atoms in total. The Morgan fingerprint density at radius 1 is 1.30 bits per heavy atom. The Morgan fingerprint density at radius 3 is 2.96 bits per heavy atom. The van der Waals surface area contributed by atoms with Crippen molar-refractivity contribution in [3.63, 3.8) is 0 Å². The number of nitrogens with zero attached hydrogens (tertiary/aromatic N) is 1. The van der Waals surface area contributed by atoms with Crippen LogP contribution in [0.4, 0.5) is 21.5 Å². The lowest BCUT2D eigenvalue weighted by atomic mass is 10.1. The molecule has 0 radical (unpaired) electrons. The van der Waals surface area contributed by atoms with Gasteiger partial charge in [0.05, 0.1) is 5.69 Å². The zero-order valence-corrected chi connectivity index (χ0v) is 13.1. The molecule has 0 spiro atoms. The second-order valence-corrected chi connectivity index (χ2v) is 5.91. The third-order valence-corrected chi connectivity index (χ3v) is 4.11. The lowest BCUT2D eigenvalue weighted by molar-refractivity contribution is -0.116. The molecule has 3 rings (SSSR count). The van der Waals surface area contributed by atoms with Crippen LogP contribution in [-0.2, 0) is 11.2 Å². The van der Waals surface area contributed by atoms with E-state index in [0.29, 0.717) is 18.7 Å². The van der Waals surface area contributed by atoms with Crippen molar-refractivity contribution in [3.05, 3.63) is 53.3 Å². The summed E-state index contributed by atoms with van der Waals surface area (Å²) >= 11 is 0. The maximum Gasteiger partial charge on any atom is 0.226 e. The minimum absolute atomic E-state index is 0.132. The Morgan fingerprint density at radius 2 is 2.13 bits per heavy atom. The molecule has 2 aromatic carbocycles. The summed E-state index contributed by atoms with van der Waals surface area (Å²) in [5.74, 6) is -0.690. The molecule has 1 aliphatic rings. The number of anilines is 3. The SMILES string of the molecule is Cc1ccc2c(c1)N(CCC(=O)Nc1cc(N)ccc1F)CC2. The normalized spacial score (nSPS) is 13.0. The molecule has 0 bridgehead atoms. The van der Waals surface area contributed by atoms with Gasteiger partial charge in [-0.3, -0.25) is 4.79 Å². The fourth-order valence-electron chi connectivity index (χ4n) is 2.88. The number of fused-ring (bicyclic) bond motifs is 1. The maximum absolute atomic E-state index is 13.6. The smallest absolute Gasteiger partial charge is 0.226 e. The number of rotatable bonds is 4. The average molecular weight is 313 g/mol. The first kappa shape index (κ1) is 15.3. The molecule has 1 amide bonds. The lowest BCUT2D eigenvalue weighted by Gasteiger charge is -2.19. The van der Waals surface area contributed by atoms with Crippen molar-refractivity contribution in [3.8, 4) is 0 Å². The molecule has 23 heavy (non-hydrogen) atoms. The van der Waals surface area contributed by atoms with E-state index in [0.717, 1.165) is 13.0 Å². The summed E-state index contributed by atoms with van der Waals surface area (Å²) in [4.78, 5) is 14.3. The first-order valence-electron chi connectivity index (χ1n) is 7.72. The van der Waals surface area contributed by atoms with Gasteiger partial charge in [0.25, 0.3) is 0 Å². The van der Waals surface area contributed by atoms with Gasteiger partial charge in [-0.05, 0) is 48.7 Å². The van der Waals surface area contributed by atoms with Crippen LogP contribution in [0.3, 0.4) is 0 Å². The van der Waals surface area contributed by atoms with Gasteiger partial charge < -0.3 is 16.0 Å². The fourth-order valence-corrected chi connectivity index (χ4v) is 2.88. The van der Waals surface area contributed by atoms with Crippen molar-refractivity contribution >= 4 is 23.0 Å². The lowest BCUT2D eigenvalue weighted by Crippen LogP contribution is -2.26. The Bertz CT molecular complexity index is 745. The number of carbonyl (C=O) groups excluding carboxylic acids is 1. The van der Waals surface area contributed by atoms with Gasteiger partial charge in [-0.25, -0.2) is 4.39 Å². The van der Waals surface area contributed by atoms with Gasteiger partial charge >= 0.3 is 0 Å². The Hall–Kier alpha value is -2.56. The summed E-state index contributed by atoms with van der Waals surface area (Å²) in [6.07, 6.45) is 1.31. The third kappa shape index (κ3) is 3.44. The van der Waals surface area contributed by atoms with E-state index < -0.39 is 5.82 Å². The molecule has 0 aromatic heterocycles. The second kappa shape index (κ2) is 6.28. The molecule has 0 atom stereocenters. The molecule has 5 heteroatoms. The first-order chi connectivity index (χ1) is 11.0. The molecular weight excluding hydrogens is 293 g/mol. The zero-order chi connectivity index (χ0) is 16.4. The standard InChI is InChI=1S/C18H20FN3O/c1-12-2-3-13-6-8-22(17(13)10-12)9-7-18(23)21-16-11-14(20)4-5-15(16)19/h2-5,10-11H,6-9,20H2,1H3,(H,21,23). The molecule has 3 N–H and O–H groups in total. The van der Waals surface area contributed by atoms with E-state index in [-0.39, 0.29) is 11.6 Å². The monoisotopic (exact) mass is 313 g/mol. The summed E-state index contributed by atoms with van der Waals surface area (Å²) < 4.78 is 13.6. The first-order valence-corrected chi connectivity index (χ1v) is 7.72. The molecule has 0 fully saturated rings. The zero-order valence-electron chi connectivity index (χ0n) is 13.1. The van der Waals surface area contributed by atoms with E-state index in [9.17, 15) is 9.18 Å². The number of aryl methyl sites for hydroxylation is 1. The summed E-state index contributed by atoms with van der Waals surface area (Å²) in [7, 11) is 0. The van der Waals surface area contributed by atoms with Crippen LogP contribution in [0.25, 0.3) is 0 Å². The van der Waals surface area contributed by atoms with Crippen LogP contribution in [-0.4, -0.2) is 19.0 Å². The van der Waals surface area contributed by atoms with E-state index in [1.54, 1.807) is 0 Å². The van der Waals surface area contributed by atoms with Crippen molar-refractivity contribution in [2.24, 2.45) is 0 Å². The summed E-state index contributed by atoms with van der Waals surface area (Å²) in [5.41, 5.74) is 9.90. The van der Waals surface area contributed by atoms with E-state index in [1.807, 2.05) is 0 Å². The highest BCUT2D eigenvalue weighted by Gasteiger charge is 2.19. The largest absolute Gasteiger partial charge is 0.399 e. The minimum atomic E-state index is -0.477. The molecule has 1 aliphatic heterocycles. The number of hydrogen-bond acceptors (Lipinski definition) is 3. The number of carbonyl (C=O) groups is 1. The summed E-state index contributed by atoms with van der Waals surface area (Å²) in [6, 6.07) is 10.6. The van der Waals surface area contributed by atoms with Crippen molar-refractivity contribution in [1.82, 2.24) is 0 Å². The van der Waals surface area contributed by atoms with E-state index in [4.69, 9.17) is 5.73 Å². The highest BCUT2D eigenvalue weighted by Crippen LogP contribution is 2.29. The van der Waals surface area contributed by atoms with Gasteiger partial charge in [0, 0.05) is 30.9 Å². The topological polar surface area (TPSA) is 58.4 Å². The quantitative estimate of drug-likeness (QED) is 0.853. The molecule has 120 valence electrons. The van der Waals surface area contributed by atoms with E-state index in [1.165, 1.54) is 35.0 Å². The Balaban J connectivity index is 1.60. The van der Waals surface area contributed by atoms with Crippen LogP contribution in [0.1, 0.15) is 17.5 Å². The van der Waals surface area contributed by atoms with Crippen LogP contribution in [0.2, 0.25) is 0 Å². The molecule has 0 saturated carbocycles. The number of halogens is 1. The highest BCUT2D eigenvalue weighted by molar-refractivity contribution is 5.91. The van der Waals surface area contributed by atoms with E-state index in [2.05, 4.69) is 35.3 Å². The number of amides is 1. The van der Waals surface area contributed by atoms with Gasteiger partial charge in [-0.15, -0.1) is 0 Å². The number of hydrogen-bond donors (Lipinski definition) is 2. The van der Waals surface area contributed by atoms with Gasteiger partial charge in [0.15, 0.2) is 0 Å². The fraction of sp³-hybridized carbons (Fsp3) is 0.278. The Labute approximate surface area is 135 Å². The maximum atomic E-state index is 13.6. The predicted molar refractivity (Wildman–Crippen MR) is 91.2 cm³/mol. The minimum Gasteiger partial charge on any atom is -0.399 e. The Kier molecular flexibility index (Phi) is 4.19. The molecule has 0 saturated heterocycles.